The molecule has 1 atom stereocenters. The van der Waals surface area contributed by atoms with Gasteiger partial charge in [-0.3, -0.25) is 0 Å². The number of halogens is 2. The SMILES string of the molecule is CC(Nc1cccc(Cl)c1Cl)c1cc(O)ccc1O. The Hall–Kier alpha value is -1.58. The Balaban J connectivity index is 2.28. The van der Waals surface area contributed by atoms with E-state index in [-0.39, 0.29) is 17.5 Å². The largest absolute Gasteiger partial charge is 0.508 e. The van der Waals surface area contributed by atoms with Gasteiger partial charge in [-0.1, -0.05) is 29.3 Å². The first kappa shape index (κ1) is 13.8. The van der Waals surface area contributed by atoms with E-state index in [4.69, 9.17) is 23.2 Å². The van der Waals surface area contributed by atoms with Crippen molar-refractivity contribution in [3.05, 3.63) is 52.0 Å². The first-order chi connectivity index (χ1) is 8.99. The van der Waals surface area contributed by atoms with Crippen LogP contribution in [0, 0.1) is 0 Å². The predicted octanol–water partition coefficient (Wildman–Crippen LogP) is 4.58. The van der Waals surface area contributed by atoms with Crippen LogP contribution in [0.15, 0.2) is 36.4 Å². The molecule has 2 aromatic carbocycles. The number of phenolic OH excluding ortho intramolecular Hbond substituents is 2. The molecule has 0 bridgehead atoms. The lowest BCUT2D eigenvalue weighted by atomic mass is 10.1. The Bertz CT molecular complexity index is 602. The average molecular weight is 298 g/mol. The molecule has 0 amide bonds. The second-order valence-corrected chi connectivity index (χ2v) is 5.00. The van der Waals surface area contributed by atoms with Gasteiger partial charge in [0.1, 0.15) is 11.5 Å². The zero-order valence-corrected chi connectivity index (χ0v) is 11.7. The van der Waals surface area contributed by atoms with Crippen molar-refractivity contribution in [2.75, 3.05) is 5.32 Å². The zero-order chi connectivity index (χ0) is 14.0. The number of aromatic hydroxyl groups is 2. The highest BCUT2D eigenvalue weighted by molar-refractivity contribution is 6.43. The molecule has 3 nitrogen and oxygen atoms in total. The molecule has 1 unspecified atom stereocenters. The van der Waals surface area contributed by atoms with Gasteiger partial charge in [-0.2, -0.15) is 0 Å². The van der Waals surface area contributed by atoms with Gasteiger partial charge >= 0.3 is 0 Å². The van der Waals surface area contributed by atoms with E-state index in [1.165, 1.54) is 18.2 Å². The summed E-state index contributed by atoms with van der Waals surface area (Å²) in [6.07, 6.45) is 0. The van der Waals surface area contributed by atoms with E-state index in [2.05, 4.69) is 5.32 Å². The van der Waals surface area contributed by atoms with Crippen LogP contribution in [0.25, 0.3) is 0 Å². The minimum absolute atomic E-state index is 0.0960. The smallest absolute Gasteiger partial charge is 0.121 e. The van der Waals surface area contributed by atoms with Crippen molar-refractivity contribution < 1.29 is 10.2 Å². The topological polar surface area (TPSA) is 52.5 Å². The summed E-state index contributed by atoms with van der Waals surface area (Å²) >= 11 is 12.0. The van der Waals surface area contributed by atoms with Gasteiger partial charge < -0.3 is 15.5 Å². The molecule has 0 aliphatic rings. The van der Waals surface area contributed by atoms with Crippen LogP contribution in [-0.4, -0.2) is 10.2 Å². The van der Waals surface area contributed by atoms with E-state index < -0.39 is 0 Å². The van der Waals surface area contributed by atoms with Crippen molar-refractivity contribution in [3.8, 4) is 11.5 Å². The maximum Gasteiger partial charge on any atom is 0.121 e. The summed E-state index contributed by atoms with van der Waals surface area (Å²) in [5, 5.41) is 23.3. The molecule has 0 fully saturated rings. The third kappa shape index (κ3) is 3.06. The lowest BCUT2D eigenvalue weighted by molar-refractivity contribution is 0.451. The predicted molar refractivity (Wildman–Crippen MR) is 78.3 cm³/mol. The van der Waals surface area contributed by atoms with E-state index in [1.54, 1.807) is 18.2 Å². The number of hydrogen-bond donors (Lipinski definition) is 3. The third-order valence-corrected chi connectivity index (χ3v) is 3.62. The quantitative estimate of drug-likeness (QED) is 0.727. The summed E-state index contributed by atoms with van der Waals surface area (Å²) in [6.45, 7) is 1.85. The van der Waals surface area contributed by atoms with Crippen LogP contribution in [-0.2, 0) is 0 Å². The average Bonchev–Trinajstić information content (AvgIpc) is 2.38. The molecule has 0 aliphatic carbocycles. The van der Waals surface area contributed by atoms with Gasteiger partial charge in [0, 0.05) is 5.56 Å². The first-order valence-corrected chi connectivity index (χ1v) is 6.47. The normalized spacial score (nSPS) is 12.2. The molecule has 19 heavy (non-hydrogen) atoms. The van der Waals surface area contributed by atoms with Gasteiger partial charge in [0.25, 0.3) is 0 Å². The minimum atomic E-state index is -0.233. The van der Waals surface area contributed by atoms with Crippen LogP contribution in [0.4, 0.5) is 5.69 Å². The first-order valence-electron chi connectivity index (χ1n) is 5.71. The molecule has 0 spiro atoms. The van der Waals surface area contributed by atoms with E-state index in [0.29, 0.717) is 21.3 Å². The van der Waals surface area contributed by atoms with Gasteiger partial charge in [-0.15, -0.1) is 0 Å². The van der Waals surface area contributed by atoms with Crippen LogP contribution in [0.2, 0.25) is 10.0 Å². The Morgan fingerprint density at radius 1 is 1.11 bits per heavy atom. The highest BCUT2D eigenvalue weighted by atomic mass is 35.5. The Kier molecular flexibility index (Phi) is 4.08. The molecule has 0 saturated carbocycles. The fourth-order valence-electron chi connectivity index (χ4n) is 1.82. The summed E-state index contributed by atoms with van der Waals surface area (Å²) in [6, 6.07) is 9.43. The Morgan fingerprint density at radius 2 is 1.84 bits per heavy atom. The van der Waals surface area contributed by atoms with Crippen LogP contribution in [0.1, 0.15) is 18.5 Å². The Morgan fingerprint density at radius 3 is 2.58 bits per heavy atom. The van der Waals surface area contributed by atoms with Crippen molar-refractivity contribution >= 4 is 28.9 Å². The molecule has 0 aromatic heterocycles. The molecule has 5 heteroatoms. The number of rotatable bonds is 3. The second-order valence-electron chi connectivity index (χ2n) is 4.21. The maximum absolute atomic E-state index is 9.80. The van der Waals surface area contributed by atoms with Gasteiger partial charge in [0.2, 0.25) is 0 Å². The summed E-state index contributed by atoms with van der Waals surface area (Å²) in [7, 11) is 0. The third-order valence-electron chi connectivity index (χ3n) is 2.80. The number of nitrogens with one attached hydrogen (secondary N) is 1. The highest BCUT2D eigenvalue weighted by Crippen LogP contribution is 2.34. The van der Waals surface area contributed by atoms with Crippen molar-refractivity contribution in [1.29, 1.82) is 0 Å². The monoisotopic (exact) mass is 297 g/mol. The molecular weight excluding hydrogens is 285 g/mol. The summed E-state index contributed by atoms with van der Waals surface area (Å²) < 4.78 is 0. The summed E-state index contributed by atoms with van der Waals surface area (Å²) in [4.78, 5) is 0. The van der Waals surface area contributed by atoms with Crippen LogP contribution in [0.3, 0.4) is 0 Å². The maximum atomic E-state index is 9.80. The van der Waals surface area contributed by atoms with E-state index >= 15 is 0 Å². The molecule has 2 rings (SSSR count). The molecule has 0 radical (unpaired) electrons. The lowest BCUT2D eigenvalue weighted by Crippen LogP contribution is -2.07. The number of anilines is 1. The van der Waals surface area contributed by atoms with Crippen LogP contribution < -0.4 is 5.32 Å². The standard InChI is InChI=1S/C14H13Cl2NO2/c1-8(10-7-9(18)5-6-13(10)19)17-12-4-2-3-11(15)14(12)16/h2-8,17-19H,1H3. The molecule has 0 aliphatic heterocycles. The van der Waals surface area contributed by atoms with Crippen molar-refractivity contribution in [2.24, 2.45) is 0 Å². The van der Waals surface area contributed by atoms with E-state index in [9.17, 15) is 10.2 Å². The van der Waals surface area contributed by atoms with Crippen LogP contribution in [0.5, 0.6) is 11.5 Å². The van der Waals surface area contributed by atoms with E-state index in [0.717, 1.165) is 0 Å². The lowest BCUT2D eigenvalue weighted by Gasteiger charge is -2.18. The van der Waals surface area contributed by atoms with Crippen molar-refractivity contribution in [3.63, 3.8) is 0 Å². The fourth-order valence-corrected chi connectivity index (χ4v) is 2.17. The van der Waals surface area contributed by atoms with Crippen molar-refractivity contribution in [2.45, 2.75) is 13.0 Å². The fraction of sp³-hybridized carbons (Fsp3) is 0.143. The number of hydrogen-bond acceptors (Lipinski definition) is 3. The molecule has 3 N–H and O–H groups in total. The van der Waals surface area contributed by atoms with Gasteiger partial charge in [0.05, 0.1) is 21.8 Å². The minimum Gasteiger partial charge on any atom is -0.508 e. The molecule has 0 saturated heterocycles. The zero-order valence-electron chi connectivity index (χ0n) is 10.2. The molecule has 0 heterocycles. The summed E-state index contributed by atoms with van der Waals surface area (Å²) in [5.41, 5.74) is 1.25. The highest BCUT2D eigenvalue weighted by Gasteiger charge is 2.13. The van der Waals surface area contributed by atoms with Crippen molar-refractivity contribution in [1.82, 2.24) is 0 Å². The molecular formula is C14H13Cl2NO2. The number of phenols is 2. The molecule has 100 valence electrons. The van der Waals surface area contributed by atoms with Gasteiger partial charge in [0.15, 0.2) is 0 Å². The summed E-state index contributed by atoms with van der Waals surface area (Å²) in [5.74, 6) is 0.203. The Labute approximate surface area is 121 Å². The van der Waals surface area contributed by atoms with Crippen LogP contribution >= 0.6 is 23.2 Å². The van der Waals surface area contributed by atoms with Gasteiger partial charge in [-0.05, 0) is 37.3 Å². The number of benzene rings is 2. The second kappa shape index (κ2) is 5.59. The van der Waals surface area contributed by atoms with E-state index in [1.807, 2.05) is 6.92 Å². The molecule has 2 aromatic rings. The van der Waals surface area contributed by atoms with Gasteiger partial charge in [-0.25, -0.2) is 0 Å².